The summed E-state index contributed by atoms with van der Waals surface area (Å²) >= 11 is 0. The van der Waals surface area contributed by atoms with Crippen molar-refractivity contribution in [2.45, 2.75) is 6.54 Å². The number of benzene rings is 2. The van der Waals surface area contributed by atoms with Gasteiger partial charge in [-0.05, 0) is 35.2 Å². The molecule has 0 atom stereocenters. The Balaban J connectivity index is 2.01. The highest BCUT2D eigenvalue weighted by Crippen LogP contribution is 2.27. The Bertz CT molecular complexity index is 704. The van der Waals surface area contributed by atoms with E-state index in [-0.39, 0.29) is 0 Å². The highest BCUT2D eigenvalue weighted by atomic mass is 16.5. The largest absolute Gasteiger partial charge is 0.438 e. The minimum absolute atomic E-state index is 0.500. The van der Waals surface area contributed by atoms with Crippen LogP contribution in [0.25, 0.3) is 10.8 Å². The lowest BCUT2D eigenvalue weighted by Crippen LogP contribution is -1.96. The molecule has 0 bridgehead atoms. The predicted molar refractivity (Wildman–Crippen MR) is 76.2 cm³/mol. The van der Waals surface area contributed by atoms with Crippen LogP contribution in [0, 0.1) is 0 Å². The topological polar surface area (TPSA) is 48.1 Å². The number of pyridine rings is 1. The van der Waals surface area contributed by atoms with Crippen LogP contribution in [0.3, 0.4) is 0 Å². The first-order valence-electron chi connectivity index (χ1n) is 6.17. The van der Waals surface area contributed by atoms with Crippen molar-refractivity contribution in [2.75, 3.05) is 0 Å². The Labute approximate surface area is 111 Å². The van der Waals surface area contributed by atoms with Crippen molar-refractivity contribution in [2.24, 2.45) is 5.73 Å². The van der Waals surface area contributed by atoms with E-state index < -0.39 is 0 Å². The van der Waals surface area contributed by atoms with Gasteiger partial charge in [0.1, 0.15) is 5.75 Å². The average Bonchev–Trinajstić information content (AvgIpc) is 2.48. The molecule has 94 valence electrons. The molecule has 0 spiro atoms. The average molecular weight is 250 g/mol. The van der Waals surface area contributed by atoms with Crippen molar-refractivity contribution in [1.82, 2.24) is 4.98 Å². The van der Waals surface area contributed by atoms with Crippen molar-refractivity contribution in [3.05, 3.63) is 66.4 Å². The summed E-state index contributed by atoms with van der Waals surface area (Å²) in [6.45, 7) is 0.500. The van der Waals surface area contributed by atoms with E-state index in [1.54, 1.807) is 6.20 Å². The summed E-state index contributed by atoms with van der Waals surface area (Å²) in [5, 5.41) is 2.12. The van der Waals surface area contributed by atoms with E-state index in [4.69, 9.17) is 10.5 Å². The zero-order chi connectivity index (χ0) is 13.1. The summed E-state index contributed by atoms with van der Waals surface area (Å²) in [6.07, 6.45) is 1.75. The normalized spacial score (nSPS) is 10.6. The second-order valence-corrected chi connectivity index (χ2v) is 4.29. The first-order chi connectivity index (χ1) is 9.36. The summed E-state index contributed by atoms with van der Waals surface area (Å²) in [4.78, 5) is 4.30. The number of aromatic nitrogens is 1. The maximum absolute atomic E-state index is 5.87. The number of nitrogens with two attached hydrogens (primary N) is 1. The van der Waals surface area contributed by atoms with Crippen LogP contribution in [-0.2, 0) is 6.54 Å². The molecular formula is C16H14N2O. The molecular weight excluding hydrogens is 236 g/mol. The molecule has 0 fully saturated rings. The smallest absolute Gasteiger partial charge is 0.227 e. The standard InChI is InChI=1S/C16H14N2O/c17-11-12-4-3-6-14(10-12)19-16-15-7-2-1-5-13(15)8-9-18-16/h1-10H,11,17H2. The number of hydrogen-bond acceptors (Lipinski definition) is 3. The van der Waals surface area contributed by atoms with Crippen LogP contribution in [0.4, 0.5) is 0 Å². The second-order valence-electron chi connectivity index (χ2n) is 4.29. The number of fused-ring (bicyclic) bond motifs is 1. The van der Waals surface area contributed by atoms with Crippen LogP contribution in [0.15, 0.2) is 60.8 Å². The molecule has 3 nitrogen and oxygen atoms in total. The van der Waals surface area contributed by atoms with Gasteiger partial charge in [-0.1, -0.05) is 30.3 Å². The minimum atomic E-state index is 0.500. The summed E-state index contributed by atoms with van der Waals surface area (Å²) < 4.78 is 5.87. The number of nitrogens with zero attached hydrogens (tertiary/aromatic N) is 1. The molecule has 1 aromatic heterocycles. The molecule has 0 aliphatic rings. The summed E-state index contributed by atoms with van der Waals surface area (Å²) in [5.41, 5.74) is 6.67. The zero-order valence-electron chi connectivity index (χ0n) is 10.4. The predicted octanol–water partition coefficient (Wildman–Crippen LogP) is 3.49. The third-order valence-electron chi connectivity index (χ3n) is 2.99. The van der Waals surface area contributed by atoms with Gasteiger partial charge in [-0.15, -0.1) is 0 Å². The Morgan fingerprint density at radius 3 is 2.79 bits per heavy atom. The van der Waals surface area contributed by atoms with Gasteiger partial charge in [0, 0.05) is 18.1 Å². The molecule has 0 unspecified atom stereocenters. The summed E-state index contributed by atoms with van der Waals surface area (Å²) in [5.74, 6) is 1.37. The van der Waals surface area contributed by atoms with E-state index >= 15 is 0 Å². The number of hydrogen-bond donors (Lipinski definition) is 1. The number of rotatable bonds is 3. The molecule has 3 rings (SSSR count). The Morgan fingerprint density at radius 1 is 1.00 bits per heavy atom. The Hall–Kier alpha value is -2.39. The van der Waals surface area contributed by atoms with Gasteiger partial charge in [0.2, 0.25) is 5.88 Å². The molecule has 19 heavy (non-hydrogen) atoms. The molecule has 3 heteroatoms. The first-order valence-corrected chi connectivity index (χ1v) is 6.17. The van der Waals surface area contributed by atoms with E-state index in [0.717, 1.165) is 22.1 Å². The van der Waals surface area contributed by atoms with Crippen molar-refractivity contribution in [3.8, 4) is 11.6 Å². The lowest BCUT2D eigenvalue weighted by Gasteiger charge is -2.08. The van der Waals surface area contributed by atoms with Crippen LogP contribution in [0.2, 0.25) is 0 Å². The molecule has 1 heterocycles. The van der Waals surface area contributed by atoms with Crippen molar-refractivity contribution in [3.63, 3.8) is 0 Å². The van der Waals surface area contributed by atoms with Crippen LogP contribution in [0.1, 0.15) is 5.56 Å². The first kappa shape index (κ1) is 11.7. The van der Waals surface area contributed by atoms with Gasteiger partial charge in [-0.25, -0.2) is 4.98 Å². The van der Waals surface area contributed by atoms with Crippen LogP contribution < -0.4 is 10.5 Å². The van der Waals surface area contributed by atoms with E-state index in [0.29, 0.717) is 12.4 Å². The summed E-state index contributed by atoms with van der Waals surface area (Å²) in [7, 11) is 0. The van der Waals surface area contributed by atoms with Gasteiger partial charge in [0.05, 0.1) is 0 Å². The Morgan fingerprint density at radius 2 is 1.89 bits per heavy atom. The monoisotopic (exact) mass is 250 g/mol. The van der Waals surface area contributed by atoms with Crippen LogP contribution in [0.5, 0.6) is 11.6 Å². The van der Waals surface area contributed by atoms with Gasteiger partial charge in [0.15, 0.2) is 0 Å². The van der Waals surface area contributed by atoms with Gasteiger partial charge in [-0.2, -0.15) is 0 Å². The van der Waals surface area contributed by atoms with Gasteiger partial charge >= 0.3 is 0 Å². The lowest BCUT2D eigenvalue weighted by molar-refractivity contribution is 0.468. The zero-order valence-corrected chi connectivity index (χ0v) is 10.4. The maximum Gasteiger partial charge on any atom is 0.227 e. The fourth-order valence-corrected chi connectivity index (χ4v) is 2.02. The van der Waals surface area contributed by atoms with Crippen LogP contribution in [-0.4, -0.2) is 4.98 Å². The maximum atomic E-state index is 5.87. The molecule has 2 N–H and O–H groups in total. The summed E-state index contributed by atoms with van der Waals surface area (Å²) in [6, 6.07) is 17.7. The molecule has 2 aromatic carbocycles. The molecule has 0 radical (unpaired) electrons. The lowest BCUT2D eigenvalue weighted by atomic mass is 10.2. The molecule has 0 aliphatic carbocycles. The molecule has 0 aliphatic heterocycles. The third-order valence-corrected chi connectivity index (χ3v) is 2.99. The number of ether oxygens (including phenoxy) is 1. The van der Waals surface area contributed by atoms with E-state index in [9.17, 15) is 0 Å². The molecule has 0 amide bonds. The van der Waals surface area contributed by atoms with Crippen molar-refractivity contribution >= 4 is 10.8 Å². The van der Waals surface area contributed by atoms with E-state index in [2.05, 4.69) is 4.98 Å². The highest BCUT2D eigenvalue weighted by molar-refractivity contribution is 5.86. The highest BCUT2D eigenvalue weighted by Gasteiger charge is 2.04. The van der Waals surface area contributed by atoms with Gasteiger partial charge < -0.3 is 10.5 Å². The van der Waals surface area contributed by atoms with Gasteiger partial charge in [0.25, 0.3) is 0 Å². The van der Waals surface area contributed by atoms with Crippen LogP contribution >= 0.6 is 0 Å². The molecule has 3 aromatic rings. The minimum Gasteiger partial charge on any atom is -0.438 e. The fraction of sp³-hybridized carbons (Fsp3) is 0.0625. The fourth-order valence-electron chi connectivity index (χ4n) is 2.02. The SMILES string of the molecule is NCc1cccc(Oc2nccc3ccccc23)c1. The van der Waals surface area contributed by atoms with Crippen molar-refractivity contribution in [1.29, 1.82) is 0 Å². The molecule has 0 saturated carbocycles. The van der Waals surface area contributed by atoms with Gasteiger partial charge in [-0.3, -0.25) is 0 Å². The quantitative estimate of drug-likeness (QED) is 0.774. The third kappa shape index (κ3) is 2.41. The second kappa shape index (κ2) is 5.08. The van der Waals surface area contributed by atoms with E-state index in [1.807, 2.05) is 54.6 Å². The molecule has 0 saturated heterocycles. The van der Waals surface area contributed by atoms with E-state index in [1.165, 1.54) is 0 Å². The Kier molecular flexibility index (Phi) is 3.12. The van der Waals surface area contributed by atoms with Crippen molar-refractivity contribution < 1.29 is 4.74 Å².